The third-order valence-corrected chi connectivity index (χ3v) is 6.58. The average Bonchev–Trinajstić information content (AvgIpc) is 3.61. The first kappa shape index (κ1) is 21.4. The van der Waals surface area contributed by atoms with Gasteiger partial charge in [0.25, 0.3) is 0 Å². The summed E-state index contributed by atoms with van der Waals surface area (Å²) in [5.74, 6) is 2.67. The van der Waals surface area contributed by atoms with E-state index in [4.69, 9.17) is 13.9 Å². The number of nitrogens with one attached hydrogen (secondary N) is 1. The maximum atomic E-state index is 12.9. The fourth-order valence-corrected chi connectivity index (χ4v) is 4.79. The van der Waals surface area contributed by atoms with Crippen molar-refractivity contribution in [3.63, 3.8) is 0 Å². The van der Waals surface area contributed by atoms with Gasteiger partial charge < -0.3 is 24.1 Å². The molecule has 0 radical (unpaired) electrons. The summed E-state index contributed by atoms with van der Waals surface area (Å²) in [5.41, 5.74) is 2.98. The van der Waals surface area contributed by atoms with Gasteiger partial charge in [-0.05, 0) is 73.7 Å². The van der Waals surface area contributed by atoms with Gasteiger partial charge in [0.15, 0.2) is 11.5 Å². The van der Waals surface area contributed by atoms with Gasteiger partial charge in [0.2, 0.25) is 5.91 Å². The minimum absolute atomic E-state index is 0.120. The second-order valence-electron chi connectivity index (χ2n) is 8.82. The SMILES string of the molecule is COc1ccc(C2CC(=O)N(c3cccc(NCc4ccco4)c3)C2)cc1OC1CCCC1. The van der Waals surface area contributed by atoms with Gasteiger partial charge >= 0.3 is 0 Å². The van der Waals surface area contributed by atoms with E-state index in [1.165, 1.54) is 12.8 Å². The van der Waals surface area contributed by atoms with E-state index in [2.05, 4.69) is 17.4 Å². The molecule has 2 aromatic carbocycles. The van der Waals surface area contributed by atoms with E-state index in [1.54, 1.807) is 13.4 Å². The molecule has 5 rings (SSSR count). The average molecular weight is 447 g/mol. The number of amides is 1. The Morgan fingerprint density at radius 1 is 1.06 bits per heavy atom. The maximum Gasteiger partial charge on any atom is 0.227 e. The van der Waals surface area contributed by atoms with Crippen LogP contribution in [0.25, 0.3) is 0 Å². The second-order valence-corrected chi connectivity index (χ2v) is 8.82. The van der Waals surface area contributed by atoms with Gasteiger partial charge in [-0.1, -0.05) is 12.1 Å². The normalized spacial score (nSPS) is 18.6. The first-order chi connectivity index (χ1) is 16.2. The third kappa shape index (κ3) is 4.85. The number of hydrogen-bond donors (Lipinski definition) is 1. The topological polar surface area (TPSA) is 63.9 Å². The summed E-state index contributed by atoms with van der Waals surface area (Å²) in [5, 5.41) is 3.36. The van der Waals surface area contributed by atoms with Gasteiger partial charge in [-0.3, -0.25) is 4.79 Å². The highest BCUT2D eigenvalue weighted by Gasteiger charge is 2.32. The zero-order valence-electron chi connectivity index (χ0n) is 19.0. The summed E-state index contributed by atoms with van der Waals surface area (Å²) in [7, 11) is 1.67. The molecular weight excluding hydrogens is 416 g/mol. The van der Waals surface area contributed by atoms with Crippen LogP contribution in [0.5, 0.6) is 11.5 Å². The van der Waals surface area contributed by atoms with Gasteiger partial charge in [0, 0.05) is 30.3 Å². The van der Waals surface area contributed by atoms with Gasteiger partial charge in [-0.25, -0.2) is 0 Å². The summed E-state index contributed by atoms with van der Waals surface area (Å²) in [4.78, 5) is 14.8. The van der Waals surface area contributed by atoms with Gasteiger partial charge in [-0.15, -0.1) is 0 Å². The first-order valence-corrected chi connectivity index (χ1v) is 11.7. The molecule has 2 aliphatic rings. The van der Waals surface area contributed by atoms with Crippen LogP contribution in [0.3, 0.4) is 0 Å². The van der Waals surface area contributed by atoms with Crippen LogP contribution in [-0.2, 0) is 11.3 Å². The Hall–Kier alpha value is -3.41. The number of ether oxygens (including phenoxy) is 2. The monoisotopic (exact) mass is 446 g/mol. The Kier molecular flexibility index (Phi) is 6.24. The Labute approximate surface area is 194 Å². The van der Waals surface area contributed by atoms with Crippen LogP contribution in [0.1, 0.15) is 49.3 Å². The van der Waals surface area contributed by atoms with Gasteiger partial charge in [-0.2, -0.15) is 0 Å². The molecule has 0 spiro atoms. The highest BCUT2D eigenvalue weighted by Crippen LogP contribution is 2.38. The molecule has 2 fully saturated rings. The molecule has 172 valence electrons. The summed E-state index contributed by atoms with van der Waals surface area (Å²) in [6.45, 7) is 1.25. The molecule has 33 heavy (non-hydrogen) atoms. The van der Waals surface area contributed by atoms with E-state index in [9.17, 15) is 4.79 Å². The van der Waals surface area contributed by atoms with Crippen LogP contribution < -0.4 is 19.7 Å². The zero-order chi connectivity index (χ0) is 22.6. The van der Waals surface area contributed by atoms with Crippen molar-refractivity contribution < 1.29 is 18.7 Å². The van der Waals surface area contributed by atoms with Crippen LogP contribution >= 0.6 is 0 Å². The van der Waals surface area contributed by atoms with Crippen LogP contribution in [-0.4, -0.2) is 25.7 Å². The van der Waals surface area contributed by atoms with Crippen molar-refractivity contribution >= 4 is 17.3 Å². The Morgan fingerprint density at radius 3 is 2.73 bits per heavy atom. The van der Waals surface area contributed by atoms with Crippen LogP contribution in [0, 0.1) is 0 Å². The molecule has 2 heterocycles. The molecule has 1 aliphatic heterocycles. The van der Waals surface area contributed by atoms with Crippen molar-refractivity contribution in [2.75, 3.05) is 23.9 Å². The number of carbonyl (C=O) groups excluding carboxylic acids is 1. The largest absolute Gasteiger partial charge is 0.493 e. The Morgan fingerprint density at radius 2 is 1.94 bits per heavy atom. The molecule has 1 atom stereocenters. The lowest BCUT2D eigenvalue weighted by molar-refractivity contribution is -0.117. The van der Waals surface area contributed by atoms with E-state index in [0.717, 1.165) is 47.0 Å². The standard InChI is InChI=1S/C27H30N2O4/c1-31-25-12-11-19(14-26(25)33-23-8-2-3-9-23)20-15-27(30)29(18-20)22-7-4-6-21(16-22)28-17-24-10-5-13-32-24/h4-7,10-14,16,20,23,28H,2-3,8-9,15,17-18H2,1H3. The zero-order valence-corrected chi connectivity index (χ0v) is 19.0. The molecule has 1 aromatic heterocycles. The third-order valence-electron chi connectivity index (χ3n) is 6.58. The van der Waals surface area contributed by atoms with Gasteiger partial charge in [0.05, 0.1) is 26.0 Å². The number of rotatable bonds is 8. The summed E-state index contributed by atoms with van der Waals surface area (Å²) < 4.78 is 17.2. The van der Waals surface area contributed by atoms with E-state index in [1.807, 2.05) is 47.4 Å². The number of benzene rings is 2. The predicted molar refractivity (Wildman–Crippen MR) is 128 cm³/mol. The molecule has 6 nitrogen and oxygen atoms in total. The lowest BCUT2D eigenvalue weighted by Gasteiger charge is -2.20. The fraction of sp³-hybridized carbons (Fsp3) is 0.370. The fourth-order valence-electron chi connectivity index (χ4n) is 4.79. The number of anilines is 2. The Balaban J connectivity index is 1.30. The van der Waals surface area contributed by atoms with E-state index < -0.39 is 0 Å². The molecule has 0 bridgehead atoms. The minimum Gasteiger partial charge on any atom is -0.493 e. The maximum absolute atomic E-state index is 12.9. The van der Waals surface area contributed by atoms with Crippen molar-refractivity contribution in [2.45, 2.75) is 50.7 Å². The first-order valence-electron chi connectivity index (χ1n) is 11.7. The van der Waals surface area contributed by atoms with Crippen LogP contribution in [0.15, 0.2) is 65.3 Å². The summed E-state index contributed by atoms with van der Waals surface area (Å²) in [6.07, 6.45) is 7.02. The highest BCUT2D eigenvalue weighted by molar-refractivity contribution is 5.97. The molecule has 6 heteroatoms. The van der Waals surface area contributed by atoms with Crippen molar-refractivity contribution in [3.8, 4) is 11.5 Å². The summed E-state index contributed by atoms with van der Waals surface area (Å²) in [6, 6.07) is 17.9. The van der Waals surface area contributed by atoms with E-state index in [-0.39, 0.29) is 17.9 Å². The molecule has 1 N–H and O–H groups in total. The van der Waals surface area contributed by atoms with Crippen molar-refractivity contribution in [2.24, 2.45) is 0 Å². The van der Waals surface area contributed by atoms with E-state index in [0.29, 0.717) is 19.5 Å². The smallest absolute Gasteiger partial charge is 0.227 e. The number of hydrogen-bond acceptors (Lipinski definition) is 5. The highest BCUT2D eigenvalue weighted by atomic mass is 16.5. The quantitative estimate of drug-likeness (QED) is 0.478. The number of carbonyl (C=O) groups is 1. The van der Waals surface area contributed by atoms with Crippen LogP contribution in [0.2, 0.25) is 0 Å². The molecule has 1 aliphatic carbocycles. The molecule has 1 amide bonds. The molecular formula is C27H30N2O4. The number of methoxy groups -OCH3 is 1. The van der Waals surface area contributed by atoms with Crippen molar-refractivity contribution in [3.05, 3.63) is 72.2 Å². The van der Waals surface area contributed by atoms with Gasteiger partial charge in [0.1, 0.15) is 5.76 Å². The predicted octanol–water partition coefficient (Wildman–Crippen LogP) is 5.74. The number of nitrogens with zero attached hydrogens (tertiary/aromatic N) is 1. The molecule has 1 unspecified atom stereocenters. The number of furan rings is 1. The Bertz CT molecular complexity index is 1090. The molecule has 1 saturated heterocycles. The minimum atomic E-state index is 0.120. The molecule has 1 saturated carbocycles. The van der Waals surface area contributed by atoms with Crippen LogP contribution in [0.4, 0.5) is 11.4 Å². The molecule has 3 aromatic rings. The van der Waals surface area contributed by atoms with Crippen molar-refractivity contribution in [1.82, 2.24) is 0 Å². The van der Waals surface area contributed by atoms with Crippen molar-refractivity contribution in [1.29, 1.82) is 0 Å². The lowest BCUT2D eigenvalue weighted by Crippen LogP contribution is -2.24. The summed E-state index contributed by atoms with van der Waals surface area (Å²) >= 11 is 0. The second kappa shape index (κ2) is 9.61. The van der Waals surface area contributed by atoms with E-state index >= 15 is 0 Å². The lowest BCUT2D eigenvalue weighted by atomic mass is 9.98.